The van der Waals surface area contributed by atoms with Gasteiger partial charge in [-0.05, 0) is 93.3 Å². The molecule has 0 amide bonds. The minimum atomic E-state index is 1.22. The molecule has 0 aromatic heterocycles. The van der Waals surface area contributed by atoms with Crippen molar-refractivity contribution in [2.24, 2.45) is 0 Å². The second kappa shape index (κ2) is 9.93. The van der Waals surface area contributed by atoms with Gasteiger partial charge >= 0.3 is 0 Å². The van der Waals surface area contributed by atoms with Crippen LogP contribution < -0.4 is 0 Å². The van der Waals surface area contributed by atoms with Crippen LogP contribution in [0.1, 0.15) is 0 Å². The van der Waals surface area contributed by atoms with E-state index in [0.717, 1.165) is 0 Å². The van der Waals surface area contributed by atoms with Crippen molar-refractivity contribution in [2.45, 2.75) is 0 Å². The van der Waals surface area contributed by atoms with Crippen molar-refractivity contribution in [3.63, 3.8) is 0 Å². The van der Waals surface area contributed by atoms with Gasteiger partial charge in [0.15, 0.2) is 0 Å². The molecule has 0 spiro atoms. The third kappa shape index (κ3) is 3.78. The maximum absolute atomic E-state index is 2.45. The molecule has 9 rings (SSSR count). The van der Waals surface area contributed by atoms with Crippen molar-refractivity contribution < 1.29 is 0 Å². The highest BCUT2D eigenvalue weighted by atomic mass is 14.2. The highest BCUT2D eigenvalue weighted by Gasteiger charge is 2.22. The van der Waals surface area contributed by atoms with E-state index in [1.807, 2.05) is 0 Å². The Morgan fingerprint density at radius 3 is 1.39 bits per heavy atom. The first-order chi connectivity index (χ1) is 21.8. The predicted molar refractivity (Wildman–Crippen MR) is 190 cm³/mol. The van der Waals surface area contributed by atoms with Gasteiger partial charge in [0.05, 0.1) is 0 Å². The van der Waals surface area contributed by atoms with Crippen LogP contribution in [0, 0.1) is 0 Å². The molecule has 0 aliphatic rings. The van der Waals surface area contributed by atoms with Gasteiger partial charge in [-0.3, -0.25) is 0 Å². The summed E-state index contributed by atoms with van der Waals surface area (Å²) >= 11 is 0. The zero-order valence-electron chi connectivity index (χ0n) is 24.2. The van der Waals surface area contributed by atoms with E-state index in [2.05, 4.69) is 170 Å². The van der Waals surface area contributed by atoms with E-state index in [4.69, 9.17) is 0 Å². The topological polar surface area (TPSA) is 0 Å². The molecular formula is C44H28. The molecule has 0 fully saturated rings. The lowest BCUT2D eigenvalue weighted by Crippen LogP contribution is -1.95. The van der Waals surface area contributed by atoms with Crippen LogP contribution in [-0.2, 0) is 0 Å². The fourth-order valence-corrected chi connectivity index (χ4v) is 7.26. The van der Waals surface area contributed by atoms with Gasteiger partial charge in [0.25, 0.3) is 0 Å². The summed E-state index contributed by atoms with van der Waals surface area (Å²) in [5, 5.41) is 12.7. The minimum Gasteiger partial charge on any atom is -0.0622 e. The Labute approximate surface area is 256 Å². The molecule has 0 saturated carbocycles. The fourth-order valence-electron chi connectivity index (χ4n) is 7.26. The zero-order valence-corrected chi connectivity index (χ0v) is 24.2. The number of hydrogen-bond acceptors (Lipinski definition) is 0. The van der Waals surface area contributed by atoms with Crippen molar-refractivity contribution in [3.05, 3.63) is 170 Å². The monoisotopic (exact) mass is 556 g/mol. The van der Waals surface area contributed by atoms with E-state index >= 15 is 0 Å². The highest BCUT2D eigenvalue weighted by molar-refractivity contribution is 6.24. The standard InChI is InChI=1S/C44H28/c1-2-12-31(13-3-1)41-28-42-37-25-24-32-16-6-7-19-33(32)36(37)26-27-40(42)43(38-22-10-17-29-14-4-8-20-34(29)38)44(41)39-23-11-18-30-15-5-9-21-35(30)39/h1-28H. The largest absolute Gasteiger partial charge is 0.0622 e. The average Bonchev–Trinajstić information content (AvgIpc) is 3.10. The first-order valence-corrected chi connectivity index (χ1v) is 15.3. The molecule has 9 aromatic rings. The Morgan fingerprint density at radius 1 is 0.227 bits per heavy atom. The summed E-state index contributed by atoms with van der Waals surface area (Å²) < 4.78 is 0. The van der Waals surface area contributed by atoms with Crippen molar-refractivity contribution in [1.29, 1.82) is 0 Å². The molecule has 0 aliphatic heterocycles. The van der Waals surface area contributed by atoms with Crippen LogP contribution >= 0.6 is 0 Å². The number of rotatable bonds is 3. The SMILES string of the molecule is c1ccc(-c2cc3c(ccc4c5ccccc5ccc34)c(-c3cccc4ccccc34)c2-c2cccc3ccccc23)cc1. The molecular weight excluding hydrogens is 528 g/mol. The smallest absolute Gasteiger partial charge is 0.00139 e. The van der Waals surface area contributed by atoms with E-state index in [1.54, 1.807) is 0 Å². The third-order valence-corrected chi connectivity index (χ3v) is 9.25. The Kier molecular flexibility index (Phi) is 5.61. The average molecular weight is 557 g/mol. The number of hydrogen-bond donors (Lipinski definition) is 0. The summed E-state index contributed by atoms with van der Waals surface area (Å²) in [5.41, 5.74) is 7.54. The number of fused-ring (bicyclic) bond motifs is 7. The molecule has 0 saturated heterocycles. The second-order valence-corrected chi connectivity index (χ2v) is 11.6. The number of benzene rings is 9. The van der Waals surface area contributed by atoms with Gasteiger partial charge in [0.2, 0.25) is 0 Å². The van der Waals surface area contributed by atoms with E-state index in [-0.39, 0.29) is 0 Å². The zero-order chi connectivity index (χ0) is 29.0. The van der Waals surface area contributed by atoms with Crippen LogP contribution in [-0.4, -0.2) is 0 Å². The third-order valence-electron chi connectivity index (χ3n) is 9.25. The molecule has 44 heavy (non-hydrogen) atoms. The fraction of sp³-hybridized carbons (Fsp3) is 0. The second-order valence-electron chi connectivity index (χ2n) is 11.6. The Hall–Kier alpha value is -5.72. The van der Waals surface area contributed by atoms with Gasteiger partial charge in [-0.25, -0.2) is 0 Å². The molecule has 0 unspecified atom stereocenters. The molecule has 0 bridgehead atoms. The Bertz CT molecular complexity index is 2530. The molecule has 0 radical (unpaired) electrons. The maximum atomic E-state index is 2.45. The van der Waals surface area contributed by atoms with Crippen LogP contribution in [0.2, 0.25) is 0 Å². The molecule has 204 valence electrons. The first-order valence-electron chi connectivity index (χ1n) is 15.3. The normalized spacial score (nSPS) is 11.6. The van der Waals surface area contributed by atoms with Crippen molar-refractivity contribution in [3.8, 4) is 33.4 Å². The first kappa shape index (κ1) is 24.8. The lowest BCUT2D eigenvalue weighted by molar-refractivity contribution is 1.61. The summed E-state index contributed by atoms with van der Waals surface area (Å²) in [6, 6.07) is 62.4. The van der Waals surface area contributed by atoms with Crippen LogP contribution in [0.3, 0.4) is 0 Å². The molecule has 0 atom stereocenters. The minimum absolute atomic E-state index is 1.22. The van der Waals surface area contributed by atoms with Gasteiger partial charge in [0.1, 0.15) is 0 Å². The molecule has 9 aromatic carbocycles. The van der Waals surface area contributed by atoms with E-state index in [1.165, 1.54) is 87.2 Å². The highest BCUT2D eigenvalue weighted by Crippen LogP contribution is 2.49. The van der Waals surface area contributed by atoms with Crippen molar-refractivity contribution in [1.82, 2.24) is 0 Å². The van der Waals surface area contributed by atoms with Crippen LogP contribution in [0.15, 0.2) is 170 Å². The van der Waals surface area contributed by atoms with Gasteiger partial charge in [-0.2, -0.15) is 0 Å². The summed E-state index contributed by atoms with van der Waals surface area (Å²) in [4.78, 5) is 0. The maximum Gasteiger partial charge on any atom is -0.00139 e. The predicted octanol–water partition coefficient (Wildman–Crippen LogP) is 12.5. The van der Waals surface area contributed by atoms with Crippen LogP contribution in [0.4, 0.5) is 0 Å². The molecule has 0 aliphatic carbocycles. The Morgan fingerprint density at radius 2 is 0.705 bits per heavy atom. The summed E-state index contributed by atoms with van der Waals surface area (Å²) in [5.74, 6) is 0. The lowest BCUT2D eigenvalue weighted by Gasteiger charge is -2.22. The molecule has 0 heterocycles. The summed E-state index contributed by atoms with van der Waals surface area (Å²) in [7, 11) is 0. The quantitative estimate of drug-likeness (QED) is 0.190. The van der Waals surface area contributed by atoms with E-state index < -0.39 is 0 Å². The van der Waals surface area contributed by atoms with E-state index in [9.17, 15) is 0 Å². The molecule has 0 heteroatoms. The van der Waals surface area contributed by atoms with Gasteiger partial charge in [0, 0.05) is 0 Å². The van der Waals surface area contributed by atoms with Crippen molar-refractivity contribution >= 4 is 53.9 Å². The van der Waals surface area contributed by atoms with E-state index in [0.29, 0.717) is 0 Å². The summed E-state index contributed by atoms with van der Waals surface area (Å²) in [6.07, 6.45) is 0. The molecule has 0 N–H and O–H groups in total. The van der Waals surface area contributed by atoms with Gasteiger partial charge in [-0.15, -0.1) is 0 Å². The van der Waals surface area contributed by atoms with Gasteiger partial charge in [-0.1, -0.05) is 164 Å². The van der Waals surface area contributed by atoms with Crippen LogP contribution in [0.5, 0.6) is 0 Å². The molecule has 0 nitrogen and oxygen atoms in total. The Balaban J connectivity index is 1.55. The van der Waals surface area contributed by atoms with Gasteiger partial charge < -0.3 is 0 Å². The lowest BCUT2D eigenvalue weighted by atomic mass is 9.80. The van der Waals surface area contributed by atoms with Crippen LogP contribution in [0.25, 0.3) is 87.2 Å². The summed E-state index contributed by atoms with van der Waals surface area (Å²) in [6.45, 7) is 0. The van der Waals surface area contributed by atoms with Crippen molar-refractivity contribution in [2.75, 3.05) is 0 Å².